The first kappa shape index (κ1) is 26.6. The molecule has 0 aliphatic rings. The fourth-order valence-electron chi connectivity index (χ4n) is 3.03. The van der Waals surface area contributed by atoms with Crippen LogP contribution >= 0.6 is 11.6 Å². The summed E-state index contributed by atoms with van der Waals surface area (Å²) in [7, 11) is 0. The second-order valence-electron chi connectivity index (χ2n) is 7.44. The molecule has 0 bridgehead atoms. The number of carbonyl (C=O) groups is 2. The Hall–Kier alpha value is -4.04. The van der Waals surface area contributed by atoms with Crippen LogP contribution in [0.15, 0.2) is 71.8 Å². The molecule has 8 nitrogen and oxygen atoms in total. The quantitative estimate of drug-likeness (QED) is 0.163. The van der Waals surface area contributed by atoms with Crippen molar-refractivity contribution in [3.63, 3.8) is 0 Å². The van der Waals surface area contributed by atoms with Crippen molar-refractivity contribution in [2.75, 3.05) is 13.2 Å². The van der Waals surface area contributed by atoms with Crippen LogP contribution in [0.1, 0.15) is 36.7 Å². The zero-order valence-electron chi connectivity index (χ0n) is 20.2. The van der Waals surface area contributed by atoms with Crippen LogP contribution in [0.5, 0.6) is 23.0 Å². The van der Waals surface area contributed by atoms with Gasteiger partial charge in [0.1, 0.15) is 11.5 Å². The maximum absolute atomic E-state index is 12.6. The van der Waals surface area contributed by atoms with E-state index in [2.05, 4.69) is 10.5 Å². The van der Waals surface area contributed by atoms with Crippen LogP contribution < -0.4 is 24.4 Å². The number of nitrogens with one attached hydrogen (secondary N) is 1. The number of amides is 1. The molecule has 36 heavy (non-hydrogen) atoms. The van der Waals surface area contributed by atoms with Crippen molar-refractivity contribution < 1.29 is 28.5 Å². The number of benzene rings is 3. The zero-order chi connectivity index (χ0) is 25.9. The predicted octanol–water partition coefficient (Wildman–Crippen LogP) is 5.27. The molecule has 1 N–H and O–H groups in total. The molecule has 0 saturated carbocycles. The van der Waals surface area contributed by atoms with Gasteiger partial charge in [0.05, 0.1) is 25.0 Å². The minimum Gasteiger partial charge on any atom is -0.494 e. The fraction of sp³-hybridized carbons (Fsp3) is 0.222. The lowest BCUT2D eigenvalue weighted by molar-refractivity contribution is -0.127. The monoisotopic (exact) mass is 510 g/mol. The van der Waals surface area contributed by atoms with E-state index in [9.17, 15) is 9.59 Å². The van der Waals surface area contributed by atoms with Gasteiger partial charge in [-0.2, -0.15) is 5.10 Å². The van der Waals surface area contributed by atoms with Gasteiger partial charge in [-0.1, -0.05) is 17.7 Å². The number of carbonyl (C=O) groups excluding carboxylic acids is 2. The van der Waals surface area contributed by atoms with Crippen LogP contribution in [-0.2, 0) is 4.79 Å². The van der Waals surface area contributed by atoms with Gasteiger partial charge in [-0.05, 0) is 87.0 Å². The third kappa shape index (κ3) is 7.74. The molecule has 188 valence electrons. The minimum absolute atomic E-state index is 0.264. The van der Waals surface area contributed by atoms with E-state index in [0.717, 1.165) is 0 Å². The average Bonchev–Trinajstić information content (AvgIpc) is 2.86. The second kappa shape index (κ2) is 13.2. The molecule has 0 heterocycles. The van der Waals surface area contributed by atoms with Gasteiger partial charge in [-0.15, -0.1) is 0 Å². The minimum atomic E-state index is -0.788. The number of halogens is 1. The van der Waals surface area contributed by atoms with E-state index < -0.39 is 18.0 Å². The lowest BCUT2D eigenvalue weighted by Crippen LogP contribution is -2.33. The molecule has 0 aliphatic heterocycles. The number of hydrogen-bond donors (Lipinski definition) is 1. The van der Waals surface area contributed by atoms with E-state index in [0.29, 0.717) is 46.6 Å². The van der Waals surface area contributed by atoms with Gasteiger partial charge in [0.2, 0.25) is 0 Å². The molecule has 1 amide bonds. The standard InChI is InChI=1S/C27H27ClN2O6/c1-4-33-22-12-10-20(11-13-22)27(32)36-24-14-9-19(15-25(24)34-5-2)17-29-30-26(31)18(3)35-23-8-6-7-21(28)16-23/h6-18H,4-5H2,1-3H3,(H,30,31)/b29-17+. The normalized spacial score (nSPS) is 11.6. The first-order chi connectivity index (χ1) is 17.4. The summed E-state index contributed by atoms with van der Waals surface area (Å²) in [5.74, 6) is 0.819. The van der Waals surface area contributed by atoms with Gasteiger partial charge in [-0.25, -0.2) is 10.2 Å². The number of rotatable bonds is 11. The Morgan fingerprint density at radius 3 is 2.39 bits per heavy atom. The molecule has 0 fully saturated rings. The SMILES string of the molecule is CCOc1ccc(C(=O)Oc2ccc(/C=N/NC(=O)C(C)Oc3cccc(Cl)c3)cc2OCC)cc1. The van der Waals surface area contributed by atoms with Crippen molar-refractivity contribution >= 4 is 29.7 Å². The Labute approximate surface area is 214 Å². The van der Waals surface area contributed by atoms with Crippen LogP contribution in [0.2, 0.25) is 5.02 Å². The number of nitrogens with zero attached hydrogens (tertiary/aromatic N) is 1. The van der Waals surface area contributed by atoms with Crippen LogP contribution in [0, 0.1) is 0 Å². The topological polar surface area (TPSA) is 95.5 Å². The molecule has 0 aliphatic carbocycles. The molecule has 0 radical (unpaired) electrons. The highest BCUT2D eigenvalue weighted by Gasteiger charge is 2.15. The fourth-order valence-corrected chi connectivity index (χ4v) is 3.21. The van der Waals surface area contributed by atoms with Crippen molar-refractivity contribution in [2.24, 2.45) is 5.10 Å². The van der Waals surface area contributed by atoms with Gasteiger partial charge in [0.25, 0.3) is 5.91 Å². The number of ether oxygens (including phenoxy) is 4. The van der Waals surface area contributed by atoms with E-state index >= 15 is 0 Å². The van der Waals surface area contributed by atoms with Crippen LogP contribution in [0.4, 0.5) is 0 Å². The Bertz CT molecular complexity index is 1210. The molecule has 1 unspecified atom stereocenters. The van der Waals surface area contributed by atoms with Crippen molar-refractivity contribution in [3.8, 4) is 23.0 Å². The first-order valence-electron chi connectivity index (χ1n) is 11.4. The van der Waals surface area contributed by atoms with Crippen molar-refractivity contribution in [1.82, 2.24) is 5.43 Å². The predicted molar refractivity (Wildman–Crippen MR) is 137 cm³/mol. The molecule has 3 rings (SSSR count). The molecule has 3 aromatic rings. The first-order valence-corrected chi connectivity index (χ1v) is 11.7. The third-order valence-corrected chi connectivity index (χ3v) is 4.97. The van der Waals surface area contributed by atoms with Crippen LogP contribution in [-0.4, -0.2) is 37.4 Å². The average molecular weight is 511 g/mol. The molecule has 3 aromatic carbocycles. The summed E-state index contributed by atoms with van der Waals surface area (Å²) in [4.78, 5) is 24.9. The summed E-state index contributed by atoms with van der Waals surface area (Å²) in [5.41, 5.74) is 3.44. The molecule has 1 atom stereocenters. The summed E-state index contributed by atoms with van der Waals surface area (Å²) in [6.45, 7) is 6.21. The Balaban J connectivity index is 1.62. The smallest absolute Gasteiger partial charge is 0.343 e. The van der Waals surface area contributed by atoms with Crippen molar-refractivity contribution in [3.05, 3.63) is 82.9 Å². The van der Waals surface area contributed by atoms with Gasteiger partial charge < -0.3 is 18.9 Å². The number of esters is 1. The van der Waals surface area contributed by atoms with E-state index in [4.69, 9.17) is 30.5 Å². The summed E-state index contributed by atoms with van der Waals surface area (Å²) in [6.07, 6.45) is 0.661. The number of hydrazone groups is 1. The molecule has 0 saturated heterocycles. The van der Waals surface area contributed by atoms with Crippen LogP contribution in [0.25, 0.3) is 0 Å². The summed E-state index contributed by atoms with van der Waals surface area (Å²) in [6, 6.07) is 18.4. The second-order valence-corrected chi connectivity index (χ2v) is 7.87. The number of hydrogen-bond acceptors (Lipinski definition) is 7. The van der Waals surface area contributed by atoms with Gasteiger partial charge in [-0.3, -0.25) is 4.79 Å². The van der Waals surface area contributed by atoms with Gasteiger partial charge >= 0.3 is 5.97 Å². The van der Waals surface area contributed by atoms with E-state index in [1.54, 1.807) is 73.7 Å². The van der Waals surface area contributed by atoms with Crippen molar-refractivity contribution in [2.45, 2.75) is 26.9 Å². The third-order valence-electron chi connectivity index (χ3n) is 4.74. The summed E-state index contributed by atoms with van der Waals surface area (Å²) < 4.78 is 22.1. The Morgan fingerprint density at radius 1 is 0.944 bits per heavy atom. The molecule has 9 heteroatoms. The van der Waals surface area contributed by atoms with E-state index in [-0.39, 0.29) is 5.75 Å². The maximum Gasteiger partial charge on any atom is 0.343 e. The highest BCUT2D eigenvalue weighted by molar-refractivity contribution is 6.30. The zero-order valence-corrected chi connectivity index (χ0v) is 21.0. The van der Waals surface area contributed by atoms with Crippen molar-refractivity contribution in [1.29, 1.82) is 0 Å². The summed E-state index contributed by atoms with van der Waals surface area (Å²) >= 11 is 5.93. The van der Waals surface area contributed by atoms with Gasteiger partial charge in [0.15, 0.2) is 17.6 Å². The molecular weight excluding hydrogens is 484 g/mol. The Morgan fingerprint density at radius 2 is 1.69 bits per heavy atom. The molecular formula is C27H27ClN2O6. The molecule has 0 aromatic heterocycles. The lowest BCUT2D eigenvalue weighted by atomic mass is 10.2. The highest BCUT2D eigenvalue weighted by Crippen LogP contribution is 2.29. The Kier molecular flexibility index (Phi) is 9.71. The summed E-state index contributed by atoms with van der Waals surface area (Å²) in [5, 5.41) is 4.49. The van der Waals surface area contributed by atoms with E-state index in [1.165, 1.54) is 6.21 Å². The van der Waals surface area contributed by atoms with E-state index in [1.807, 2.05) is 13.8 Å². The molecule has 0 spiro atoms. The lowest BCUT2D eigenvalue weighted by Gasteiger charge is -2.13. The van der Waals surface area contributed by atoms with Gasteiger partial charge in [0, 0.05) is 5.02 Å². The maximum atomic E-state index is 12.6. The largest absolute Gasteiger partial charge is 0.494 e. The van der Waals surface area contributed by atoms with Crippen LogP contribution in [0.3, 0.4) is 0 Å². The highest BCUT2D eigenvalue weighted by atomic mass is 35.5.